The standard InChI is InChI=1S/C25H29N3O3.HI/c1-19-8-10-20(11-9-19)17-26-25(28-22-6-4-3-5-7-22)27-18-21-12-13-23(31-15-14-29)24(16-21)30-2;/h3-13,16,29H,14-15,17-18H2,1-2H3,(H2,26,27,28);1H. The van der Waals surface area contributed by atoms with Gasteiger partial charge in [-0.2, -0.15) is 0 Å². The van der Waals surface area contributed by atoms with Gasteiger partial charge >= 0.3 is 0 Å². The Hall–Kier alpha value is -2.78. The molecule has 0 aliphatic rings. The number of nitrogens with one attached hydrogen (secondary N) is 2. The van der Waals surface area contributed by atoms with E-state index in [1.54, 1.807) is 7.11 Å². The average molecular weight is 547 g/mol. The van der Waals surface area contributed by atoms with E-state index in [1.165, 1.54) is 11.1 Å². The molecule has 3 aromatic rings. The molecule has 0 unspecified atom stereocenters. The summed E-state index contributed by atoms with van der Waals surface area (Å²) in [4.78, 5) is 4.75. The number of para-hydroxylation sites is 1. The Morgan fingerprint density at radius 1 is 0.938 bits per heavy atom. The Balaban J connectivity index is 0.00000363. The van der Waals surface area contributed by atoms with Gasteiger partial charge in [0.05, 0.1) is 20.3 Å². The first-order chi connectivity index (χ1) is 15.2. The van der Waals surface area contributed by atoms with Gasteiger partial charge in [-0.3, -0.25) is 0 Å². The number of anilines is 1. The van der Waals surface area contributed by atoms with E-state index in [1.807, 2.05) is 48.5 Å². The van der Waals surface area contributed by atoms with Crippen LogP contribution in [0, 0.1) is 6.92 Å². The molecule has 0 saturated heterocycles. The summed E-state index contributed by atoms with van der Waals surface area (Å²) in [5, 5.41) is 15.7. The molecule has 0 aromatic heterocycles. The van der Waals surface area contributed by atoms with Gasteiger partial charge in [0, 0.05) is 12.2 Å². The normalized spacial score (nSPS) is 10.8. The lowest BCUT2D eigenvalue weighted by Gasteiger charge is -2.14. The molecule has 0 aliphatic heterocycles. The number of guanidine groups is 1. The van der Waals surface area contributed by atoms with Crippen molar-refractivity contribution in [3.05, 3.63) is 89.5 Å². The second-order valence-electron chi connectivity index (χ2n) is 7.05. The zero-order valence-corrected chi connectivity index (χ0v) is 20.7. The molecule has 32 heavy (non-hydrogen) atoms. The molecule has 0 fully saturated rings. The Bertz CT molecular complexity index is 979. The van der Waals surface area contributed by atoms with Crippen LogP contribution in [0.15, 0.2) is 77.8 Å². The number of methoxy groups -OCH3 is 1. The average Bonchev–Trinajstić information content (AvgIpc) is 2.81. The van der Waals surface area contributed by atoms with Crippen LogP contribution in [0.3, 0.4) is 0 Å². The molecule has 0 spiro atoms. The molecule has 3 aromatic carbocycles. The highest BCUT2D eigenvalue weighted by Crippen LogP contribution is 2.28. The third-order valence-electron chi connectivity index (χ3n) is 4.61. The number of aryl methyl sites for hydroxylation is 1. The van der Waals surface area contributed by atoms with Crippen LogP contribution in [0.4, 0.5) is 5.69 Å². The maximum absolute atomic E-state index is 8.96. The van der Waals surface area contributed by atoms with Crippen LogP contribution < -0.4 is 20.1 Å². The van der Waals surface area contributed by atoms with Crippen LogP contribution in [0.2, 0.25) is 0 Å². The predicted octanol–water partition coefficient (Wildman–Crippen LogP) is 4.75. The minimum absolute atomic E-state index is 0. The fourth-order valence-electron chi connectivity index (χ4n) is 2.95. The third kappa shape index (κ3) is 8.05. The maximum Gasteiger partial charge on any atom is 0.196 e. The fourth-order valence-corrected chi connectivity index (χ4v) is 2.95. The molecule has 0 heterocycles. The van der Waals surface area contributed by atoms with E-state index in [0.717, 1.165) is 11.3 Å². The zero-order chi connectivity index (χ0) is 21.9. The Kier molecular flexibility index (Phi) is 10.8. The van der Waals surface area contributed by atoms with Crippen LogP contribution in [0.5, 0.6) is 11.5 Å². The summed E-state index contributed by atoms with van der Waals surface area (Å²) < 4.78 is 10.9. The van der Waals surface area contributed by atoms with Crippen LogP contribution in [0.25, 0.3) is 0 Å². The lowest BCUT2D eigenvalue weighted by atomic mass is 10.1. The highest BCUT2D eigenvalue weighted by atomic mass is 127. The van der Waals surface area contributed by atoms with Crippen molar-refractivity contribution in [3.63, 3.8) is 0 Å². The SMILES string of the molecule is COc1cc(CN=C(NCc2ccc(C)cc2)Nc2ccccc2)ccc1OCCO.I. The summed E-state index contributed by atoms with van der Waals surface area (Å²) >= 11 is 0. The number of rotatable bonds is 9. The van der Waals surface area contributed by atoms with E-state index in [2.05, 4.69) is 41.8 Å². The highest BCUT2D eigenvalue weighted by Gasteiger charge is 2.07. The van der Waals surface area contributed by atoms with Gasteiger partial charge in [-0.25, -0.2) is 4.99 Å². The molecule has 0 atom stereocenters. The minimum Gasteiger partial charge on any atom is -0.493 e. The Morgan fingerprint density at radius 3 is 2.34 bits per heavy atom. The van der Waals surface area contributed by atoms with Crippen LogP contribution >= 0.6 is 24.0 Å². The molecule has 170 valence electrons. The van der Waals surface area contributed by atoms with E-state index in [9.17, 15) is 0 Å². The number of benzene rings is 3. The van der Waals surface area contributed by atoms with Crippen molar-refractivity contribution in [1.82, 2.24) is 5.32 Å². The topological polar surface area (TPSA) is 75.1 Å². The van der Waals surface area contributed by atoms with Crippen molar-refractivity contribution < 1.29 is 14.6 Å². The number of ether oxygens (including phenoxy) is 2. The molecule has 3 N–H and O–H groups in total. The molecular formula is C25H30IN3O3. The van der Waals surface area contributed by atoms with E-state index >= 15 is 0 Å². The van der Waals surface area contributed by atoms with Crippen LogP contribution in [-0.2, 0) is 13.1 Å². The van der Waals surface area contributed by atoms with E-state index in [-0.39, 0.29) is 37.2 Å². The maximum atomic E-state index is 8.96. The van der Waals surface area contributed by atoms with Gasteiger partial charge in [-0.05, 0) is 42.3 Å². The summed E-state index contributed by atoms with van der Waals surface area (Å²) in [5.74, 6) is 1.90. The molecule has 0 aliphatic carbocycles. The number of nitrogens with zero attached hydrogens (tertiary/aromatic N) is 1. The second-order valence-corrected chi connectivity index (χ2v) is 7.05. The largest absolute Gasteiger partial charge is 0.493 e. The van der Waals surface area contributed by atoms with Gasteiger partial charge in [-0.15, -0.1) is 24.0 Å². The van der Waals surface area contributed by atoms with Gasteiger partial charge in [0.1, 0.15) is 6.61 Å². The van der Waals surface area contributed by atoms with Crippen molar-refractivity contribution in [1.29, 1.82) is 0 Å². The van der Waals surface area contributed by atoms with Crippen molar-refractivity contribution in [3.8, 4) is 11.5 Å². The van der Waals surface area contributed by atoms with Crippen LogP contribution in [-0.4, -0.2) is 31.4 Å². The van der Waals surface area contributed by atoms with Crippen LogP contribution in [0.1, 0.15) is 16.7 Å². The molecule has 6 nitrogen and oxygen atoms in total. The second kappa shape index (κ2) is 13.6. The van der Waals surface area contributed by atoms with E-state index in [4.69, 9.17) is 19.6 Å². The number of halogens is 1. The number of hydrogen-bond acceptors (Lipinski definition) is 4. The molecule has 0 radical (unpaired) electrons. The van der Waals surface area contributed by atoms with Gasteiger partial charge in [-0.1, -0.05) is 54.1 Å². The lowest BCUT2D eigenvalue weighted by molar-refractivity contribution is 0.196. The zero-order valence-electron chi connectivity index (χ0n) is 18.4. The predicted molar refractivity (Wildman–Crippen MR) is 140 cm³/mol. The summed E-state index contributed by atoms with van der Waals surface area (Å²) in [7, 11) is 1.60. The van der Waals surface area contributed by atoms with Crippen molar-refractivity contribution in [2.45, 2.75) is 20.0 Å². The van der Waals surface area contributed by atoms with E-state index < -0.39 is 0 Å². The highest BCUT2D eigenvalue weighted by molar-refractivity contribution is 14.0. The van der Waals surface area contributed by atoms with Gasteiger partial charge < -0.3 is 25.2 Å². The smallest absolute Gasteiger partial charge is 0.196 e. The number of aliphatic hydroxyl groups excluding tert-OH is 1. The van der Waals surface area contributed by atoms with Gasteiger partial charge in [0.25, 0.3) is 0 Å². The summed E-state index contributed by atoms with van der Waals surface area (Å²) in [6.45, 7) is 3.39. The third-order valence-corrected chi connectivity index (χ3v) is 4.61. The van der Waals surface area contributed by atoms with E-state index in [0.29, 0.717) is 30.5 Å². The molecule has 0 bridgehead atoms. The number of hydrogen-bond donors (Lipinski definition) is 3. The first kappa shape index (κ1) is 25.5. The Labute approximate surface area is 206 Å². The fraction of sp³-hybridized carbons (Fsp3) is 0.240. The first-order valence-corrected chi connectivity index (χ1v) is 10.2. The Morgan fingerprint density at radius 2 is 1.66 bits per heavy atom. The van der Waals surface area contributed by atoms with Gasteiger partial charge in [0.2, 0.25) is 0 Å². The number of aliphatic hydroxyl groups is 1. The summed E-state index contributed by atoms with van der Waals surface area (Å²) in [6, 6.07) is 24.0. The summed E-state index contributed by atoms with van der Waals surface area (Å²) in [5.41, 5.74) is 4.36. The van der Waals surface area contributed by atoms with Crippen molar-refractivity contribution >= 4 is 35.6 Å². The molecule has 0 amide bonds. The van der Waals surface area contributed by atoms with Gasteiger partial charge in [0.15, 0.2) is 17.5 Å². The monoisotopic (exact) mass is 547 g/mol. The molecular weight excluding hydrogens is 517 g/mol. The van der Waals surface area contributed by atoms with Crippen molar-refractivity contribution in [2.75, 3.05) is 25.6 Å². The lowest BCUT2D eigenvalue weighted by Crippen LogP contribution is -2.30. The van der Waals surface area contributed by atoms with Crippen molar-refractivity contribution in [2.24, 2.45) is 4.99 Å². The molecule has 7 heteroatoms. The first-order valence-electron chi connectivity index (χ1n) is 10.2. The minimum atomic E-state index is -0.0453. The number of aliphatic imine (C=N–C) groups is 1. The molecule has 0 saturated carbocycles. The summed E-state index contributed by atoms with van der Waals surface area (Å²) in [6.07, 6.45) is 0. The quantitative estimate of drug-likeness (QED) is 0.205. The molecule has 3 rings (SSSR count).